The second-order valence-electron chi connectivity index (χ2n) is 7.83. The Morgan fingerprint density at radius 2 is 2.00 bits per heavy atom. The van der Waals surface area contributed by atoms with Gasteiger partial charge in [-0.2, -0.15) is 4.98 Å². The summed E-state index contributed by atoms with van der Waals surface area (Å²) in [6.07, 6.45) is 1.79. The van der Waals surface area contributed by atoms with Crippen LogP contribution in [-0.2, 0) is 4.74 Å². The van der Waals surface area contributed by atoms with E-state index in [1.807, 2.05) is 49.1 Å². The molecule has 2 aromatic rings. The predicted molar refractivity (Wildman–Crippen MR) is 100 cm³/mol. The third-order valence-corrected chi connectivity index (χ3v) is 5.61. The molecule has 2 fully saturated rings. The minimum atomic E-state index is -0.0624. The molecular weight excluding hydrogens is 344 g/mol. The molecule has 1 aromatic carbocycles. The highest BCUT2D eigenvalue weighted by Crippen LogP contribution is 2.49. The summed E-state index contributed by atoms with van der Waals surface area (Å²) in [5, 5.41) is 7.19. The fraction of sp³-hybridized carbons (Fsp3) is 0.550. The molecule has 2 amide bonds. The highest BCUT2D eigenvalue weighted by atomic mass is 16.5. The number of benzene rings is 1. The molecule has 4 rings (SSSR count). The first-order valence-electron chi connectivity index (χ1n) is 9.60. The Balaban J connectivity index is 1.61. The summed E-state index contributed by atoms with van der Waals surface area (Å²) in [6.45, 7) is 6.64. The molecule has 0 aliphatic carbocycles. The van der Waals surface area contributed by atoms with Gasteiger partial charge in [0.1, 0.15) is 0 Å². The Bertz CT molecular complexity index is 784. The van der Waals surface area contributed by atoms with Gasteiger partial charge in [0.25, 0.3) is 0 Å². The maximum Gasteiger partial charge on any atom is 0.317 e. The van der Waals surface area contributed by atoms with Crippen LogP contribution in [0.3, 0.4) is 0 Å². The minimum absolute atomic E-state index is 0.0267. The van der Waals surface area contributed by atoms with Gasteiger partial charge in [-0.3, -0.25) is 0 Å². The lowest BCUT2D eigenvalue weighted by Gasteiger charge is -2.36. The molecule has 1 aromatic heterocycles. The highest BCUT2D eigenvalue weighted by Gasteiger charge is 2.51. The number of amides is 2. The molecule has 7 nitrogen and oxygen atoms in total. The van der Waals surface area contributed by atoms with Gasteiger partial charge in [0.2, 0.25) is 11.7 Å². The van der Waals surface area contributed by atoms with E-state index in [1.165, 1.54) is 0 Å². The van der Waals surface area contributed by atoms with Crippen molar-refractivity contribution in [3.63, 3.8) is 0 Å². The van der Waals surface area contributed by atoms with Crippen LogP contribution in [0.15, 0.2) is 34.9 Å². The molecule has 0 radical (unpaired) electrons. The van der Waals surface area contributed by atoms with Crippen LogP contribution >= 0.6 is 0 Å². The quantitative estimate of drug-likeness (QED) is 0.898. The molecule has 3 heterocycles. The Hall–Kier alpha value is -2.41. The number of nitrogens with one attached hydrogen (secondary N) is 1. The zero-order chi connectivity index (χ0) is 18.9. The summed E-state index contributed by atoms with van der Waals surface area (Å²) in [5.41, 5.74) is 0.869. The molecule has 0 unspecified atom stereocenters. The first-order valence-corrected chi connectivity index (χ1v) is 9.60. The number of aromatic nitrogens is 2. The van der Waals surface area contributed by atoms with Crippen molar-refractivity contribution in [2.24, 2.45) is 5.41 Å². The van der Waals surface area contributed by atoms with Gasteiger partial charge in [-0.1, -0.05) is 35.5 Å². The van der Waals surface area contributed by atoms with Crippen LogP contribution in [0, 0.1) is 5.41 Å². The number of likely N-dealkylation sites (tertiary alicyclic amines) is 1. The lowest BCUT2D eigenvalue weighted by atomic mass is 9.72. The van der Waals surface area contributed by atoms with Crippen LogP contribution in [0.1, 0.15) is 38.5 Å². The summed E-state index contributed by atoms with van der Waals surface area (Å²) in [4.78, 5) is 19.2. The second kappa shape index (κ2) is 7.31. The molecule has 144 valence electrons. The van der Waals surface area contributed by atoms with Crippen LogP contribution in [0.2, 0.25) is 0 Å². The van der Waals surface area contributed by atoms with Crippen LogP contribution < -0.4 is 5.32 Å². The molecular formula is C20H26N4O3. The normalized spacial score (nSPS) is 21.7. The predicted octanol–water partition coefficient (Wildman–Crippen LogP) is 3.05. The zero-order valence-electron chi connectivity index (χ0n) is 15.9. The summed E-state index contributed by atoms with van der Waals surface area (Å²) in [7, 11) is 0. The number of hydrogen-bond acceptors (Lipinski definition) is 5. The fourth-order valence-electron chi connectivity index (χ4n) is 4.17. The van der Waals surface area contributed by atoms with Crippen molar-refractivity contribution in [3.05, 3.63) is 36.2 Å². The van der Waals surface area contributed by atoms with Crippen LogP contribution in [0.4, 0.5) is 4.79 Å². The van der Waals surface area contributed by atoms with Crippen molar-refractivity contribution in [1.29, 1.82) is 0 Å². The van der Waals surface area contributed by atoms with Gasteiger partial charge in [0.15, 0.2) is 0 Å². The van der Waals surface area contributed by atoms with E-state index in [-0.39, 0.29) is 23.4 Å². The van der Waals surface area contributed by atoms with Gasteiger partial charge in [-0.05, 0) is 26.7 Å². The average Bonchev–Trinajstić information content (AvgIpc) is 3.28. The average molecular weight is 370 g/mol. The van der Waals surface area contributed by atoms with Crippen molar-refractivity contribution in [1.82, 2.24) is 20.4 Å². The van der Waals surface area contributed by atoms with Crippen LogP contribution in [-0.4, -0.2) is 53.4 Å². The fourth-order valence-corrected chi connectivity index (χ4v) is 4.17. The molecule has 27 heavy (non-hydrogen) atoms. The largest absolute Gasteiger partial charge is 0.381 e. The summed E-state index contributed by atoms with van der Waals surface area (Å²) >= 11 is 0. The van der Waals surface area contributed by atoms with E-state index in [0.29, 0.717) is 38.0 Å². The van der Waals surface area contributed by atoms with Crippen molar-refractivity contribution >= 4 is 6.03 Å². The maximum atomic E-state index is 12.6. The van der Waals surface area contributed by atoms with E-state index >= 15 is 0 Å². The number of nitrogens with zero attached hydrogens (tertiary/aromatic N) is 3. The highest BCUT2D eigenvalue weighted by molar-refractivity contribution is 5.75. The van der Waals surface area contributed by atoms with E-state index in [1.54, 1.807) is 0 Å². The molecule has 7 heteroatoms. The van der Waals surface area contributed by atoms with Crippen molar-refractivity contribution in [2.75, 3.05) is 26.3 Å². The SMILES string of the molecule is CC(C)NC(=O)N1C[C@H](c2nc(-c3ccccc3)no2)C2(CCOCC2)C1. The Kier molecular flexibility index (Phi) is 4.86. The molecule has 2 aliphatic heterocycles. The number of hydrogen-bond donors (Lipinski definition) is 1. The number of carbonyl (C=O) groups excluding carboxylic acids is 1. The smallest absolute Gasteiger partial charge is 0.317 e. The minimum Gasteiger partial charge on any atom is -0.381 e. The summed E-state index contributed by atoms with van der Waals surface area (Å²) < 4.78 is 11.3. The van der Waals surface area contributed by atoms with E-state index in [0.717, 1.165) is 18.4 Å². The number of rotatable bonds is 3. The zero-order valence-corrected chi connectivity index (χ0v) is 15.9. The molecule has 1 N–H and O–H groups in total. The van der Waals surface area contributed by atoms with Gasteiger partial charge in [0.05, 0.1) is 5.92 Å². The van der Waals surface area contributed by atoms with Crippen LogP contribution in [0.25, 0.3) is 11.4 Å². The first-order chi connectivity index (χ1) is 13.1. The van der Waals surface area contributed by atoms with Gasteiger partial charge in [0, 0.05) is 43.3 Å². The lowest BCUT2D eigenvalue weighted by molar-refractivity contribution is 0.00940. The first kappa shape index (κ1) is 18.0. The topological polar surface area (TPSA) is 80.5 Å². The van der Waals surface area contributed by atoms with Crippen molar-refractivity contribution < 1.29 is 14.1 Å². The van der Waals surface area contributed by atoms with Crippen molar-refractivity contribution in [2.45, 2.75) is 38.6 Å². The third-order valence-electron chi connectivity index (χ3n) is 5.61. The van der Waals surface area contributed by atoms with E-state index in [2.05, 4.69) is 15.5 Å². The molecule has 2 aliphatic rings. The maximum absolute atomic E-state index is 12.6. The van der Waals surface area contributed by atoms with E-state index < -0.39 is 0 Å². The third kappa shape index (κ3) is 3.56. The molecule has 1 spiro atoms. The Labute approximate surface area is 159 Å². The van der Waals surface area contributed by atoms with Gasteiger partial charge in [-0.25, -0.2) is 4.79 Å². The van der Waals surface area contributed by atoms with Gasteiger partial charge < -0.3 is 19.5 Å². The lowest BCUT2D eigenvalue weighted by Crippen LogP contribution is -2.43. The monoisotopic (exact) mass is 370 g/mol. The second-order valence-corrected chi connectivity index (χ2v) is 7.83. The molecule has 2 saturated heterocycles. The standard InChI is InChI=1S/C20H26N4O3/c1-14(2)21-19(25)24-12-16(20(13-24)8-10-26-11-9-20)18-22-17(23-27-18)15-6-4-3-5-7-15/h3-7,14,16H,8-13H2,1-2H3,(H,21,25)/t16-/m1/s1. The number of carbonyl (C=O) groups is 1. The molecule has 0 saturated carbocycles. The van der Waals surface area contributed by atoms with Gasteiger partial charge in [-0.15, -0.1) is 0 Å². The summed E-state index contributed by atoms with van der Waals surface area (Å²) in [6, 6.07) is 9.89. The number of urea groups is 1. The molecule has 0 bridgehead atoms. The summed E-state index contributed by atoms with van der Waals surface area (Å²) in [5.74, 6) is 1.25. The Morgan fingerprint density at radius 3 is 2.70 bits per heavy atom. The van der Waals surface area contributed by atoms with Gasteiger partial charge >= 0.3 is 6.03 Å². The van der Waals surface area contributed by atoms with Crippen LogP contribution in [0.5, 0.6) is 0 Å². The van der Waals surface area contributed by atoms with Crippen molar-refractivity contribution in [3.8, 4) is 11.4 Å². The molecule has 1 atom stereocenters. The Morgan fingerprint density at radius 1 is 1.26 bits per heavy atom. The van der Waals surface area contributed by atoms with E-state index in [9.17, 15) is 4.79 Å². The van der Waals surface area contributed by atoms with E-state index in [4.69, 9.17) is 9.26 Å². The number of ether oxygens (including phenoxy) is 1.